The van der Waals surface area contributed by atoms with Crippen LogP contribution < -0.4 is 4.90 Å². The number of hydrogen-bond acceptors (Lipinski definition) is 4. The Morgan fingerprint density at radius 3 is 2.48 bits per heavy atom. The quantitative estimate of drug-likeness (QED) is 0.719. The van der Waals surface area contributed by atoms with Gasteiger partial charge in [-0.1, -0.05) is 44.2 Å². The maximum atomic E-state index is 11.3. The minimum Gasteiger partial charge on any atom is -0.321 e. The molecule has 0 aliphatic rings. The lowest BCUT2D eigenvalue weighted by atomic mass is 10.0. The summed E-state index contributed by atoms with van der Waals surface area (Å²) >= 11 is 1.46. The smallest absolute Gasteiger partial charge is 0.190 e. The molecule has 21 heavy (non-hydrogen) atoms. The van der Waals surface area contributed by atoms with Crippen molar-refractivity contribution in [3.63, 3.8) is 0 Å². The van der Waals surface area contributed by atoms with E-state index in [1.165, 1.54) is 16.9 Å². The molecule has 1 unspecified atom stereocenters. The number of anilines is 2. The summed E-state index contributed by atoms with van der Waals surface area (Å²) in [4.78, 5) is 18.7. The van der Waals surface area contributed by atoms with Gasteiger partial charge >= 0.3 is 0 Å². The first-order valence-electron chi connectivity index (χ1n) is 7.39. The van der Waals surface area contributed by atoms with Crippen molar-refractivity contribution >= 4 is 28.4 Å². The van der Waals surface area contributed by atoms with E-state index >= 15 is 0 Å². The van der Waals surface area contributed by atoms with E-state index in [0.717, 1.165) is 40.5 Å². The van der Waals surface area contributed by atoms with E-state index in [4.69, 9.17) is 0 Å². The van der Waals surface area contributed by atoms with Crippen molar-refractivity contribution < 1.29 is 4.79 Å². The monoisotopic (exact) mass is 302 g/mol. The number of benzene rings is 1. The fourth-order valence-electron chi connectivity index (χ4n) is 2.17. The van der Waals surface area contributed by atoms with E-state index in [1.807, 2.05) is 11.9 Å². The zero-order chi connectivity index (χ0) is 15.4. The normalized spacial score (nSPS) is 12.2. The van der Waals surface area contributed by atoms with Gasteiger partial charge in [0, 0.05) is 12.7 Å². The Morgan fingerprint density at radius 2 is 1.95 bits per heavy atom. The molecular formula is C17H22N2OS. The molecule has 2 aromatic rings. The molecule has 0 spiro atoms. The molecule has 0 N–H and O–H groups in total. The van der Waals surface area contributed by atoms with E-state index in [1.54, 1.807) is 0 Å². The van der Waals surface area contributed by atoms with Crippen molar-refractivity contribution in [2.75, 3.05) is 11.9 Å². The van der Waals surface area contributed by atoms with Gasteiger partial charge in [0.25, 0.3) is 0 Å². The molecule has 1 heterocycles. The Morgan fingerprint density at radius 1 is 1.29 bits per heavy atom. The van der Waals surface area contributed by atoms with E-state index in [9.17, 15) is 4.79 Å². The van der Waals surface area contributed by atoms with Crippen molar-refractivity contribution in [3.05, 3.63) is 40.4 Å². The summed E-state index contributed by atoms with van der Waals surface area (Å²) in [5.41, 5.74) is 3.33. The molecule has 2 rings (SSSR count). The predicted octanol–water partition coefficient (Wildman–Crippen LogP) is 4.80. The zero-order valence-corrected chi connectivity index (χ0v) is 13.9. The second-order valence-electron chi connectivity index (χ2n) is 5.25. The summed E-state index contributed by atoms with van der Waals surface area (Å²) in [6.07, 6.45) is 2.95. The Labute approximate surface area is 130 Å². The zero-order valence-electron chi connectivity index (χ0n) is 13.1. The summed E-state index contributed by atoms with van der Waals surface area (Å²) in [6.45, 7) is 6.38. The standard InChI is InChI=1S/C17H22N2OS/c1-5-12(3)16-15(11-20)21-17(18-16)19(4)14-9-7-13(6-2)8-10-14/h7-12H,5-6H2,1-4H3. The van der Waals surface area contributed by atoms with E-state index in [0.29, 0.717) is 5.92 Å². The molecule has 0 radical (unpaired) electrons. The molecule has 1 aromatic carbocycles. The molecule has 1 aromatic heterocycles. The maximum Gasteiger partial charge on any atom is 0.190 e. The van der Waals surface area contributed by atoms with Gasteiger partial charge < -0.3 is 4.90 Å². The second-order valence-corrected chi connectivity index (χ2v) is 6.26. The van der Waals surface area contributed by atoms with Crippen molar-refractivity contribution in [1.82, 2.24) is 4.98 Å². The van der Waals surface area contributed by atoms with Crippen molar-refractivity contribution in [2.45, 2.75) is 39.5 Å². The number of aldehydes is 1. The molecule has 112 valence electrons. The summed E-state index contributed by atoms with van der Waals surface area (Å²) in [5.74, 6) is 0.311. The van der Waals surface area contributed by atoms with E-state index in [-0.39, 0.29) is 0 Å². The van der Waals surface area contributed by atoms with E-state index in [2.05, 4.69) is 50.0 Å². The summed E-state index contributed by atoms with van der Waals surface area (Å²) in [6, 6.07) is 8.47. The molecule has 1 atom stereocenters. The highest BCUT2D eigenvalue weighted by Crippen LogP contribution is 2.33. The summed E-state index contributed by atoms with van der Waals surface area (Å²) < 4.78 is 0. The number of thiazole rings is 1. The number of aryl methyl sites for hydroxylation is 1. The van der Waals surface area contributed by atoms with Crippen LogP contribution in [0, 0.1) is 0 Å². The highest BCUT2D eigenvalue weighted by molar-refractivity contribution is 7.17. The van der Waals surface area contributed by atoms with Gasteiger partial charge in [0.2, 0.25) is 0 Å². The number of carbonyl (C=O) groups excluding carboxylic acids is 1. The molecule has 4 heteroatoms. The van der Waals surface area contributed by atoms with Crippen LogP contribution in [-0.2, 0) is 6.42 Å². The third-order valence-electron chi connectivity index (χ3n) is 3.87. The van der Waals surface area contributed by atoms with Crippen LogP contribution in [0.4, 0.5) is 10.8 Å². The maximum absolute atomic E-state index is 11.3. The molecule has 0 aliphatic carbocycles. The van der Waals surface area contributed by atoms with Gasteiger partial charge in [-0.15, -0.1) is 0 Å². The molecule has 0 saturated carbocycles. The van der Waals surface area contributed by atoms with Crippen LogP contribution in [0.2, 0.25) is 0 Å². The SMILES string of the molecule is CCc1ccc(N(C)c2nc(C(C)CC)c(C=O)s2)cc1. The van der Waals surface area contributed by atoms with Crippen molar-refractivity contribution in [2.24, 2.45) is 0 Å². The summed E-state index contributed by atoms with van der Waals surface area (Å²) in [5, 5.41) is 0.872. The number of nitrogens with zero attached hydrogens (tertiary/aromatic N) is 2. The Hall–Kier alpha value is -1.68. The third kappa shape index (κ3) is 3.32. The number of rotatable bonds is 6. The highest BCUT2D eigenvalue weighted by atomic mass is 32.1. The van der Waals surface area contributed by atoms with Gasteiger partial charge in [-0.3, -0.25) is 4.79 Å². The van der Waals surface area contributed by atoms with Gasteiger partial charge in [-0.25, -0.2) is 4.98 Å². The van der Waals surface area contributed by atoms with Crippen LogP contribution in [-0.4, -0.2) is 18.3 Å². The van der Waals surface area contributed by atoms with Crippen LogP contribution in [0.1, 0.15) is 54.0 Å². The number of hydrogen-bond donors (Lipinski definition) is 0. The minimum absolute atomic E-state index is 0.311. The lowest BCUT2D eigenvalue weighted by molar-refractivity contribution is 0.112. The summed E-state index contributed by atoms with van der Waals surface area (Å²) in [7, 11) is 1.99. The van der Waals surface area contributed by atoms with Gasteiger partial charge in [0.05, 0.1) is 10.6 Å². The van der Waals surface area contributed by atoms with Gasteiger partial charge in [-0.05, 0) is 36.5 Å². The average molecular weight is 302 g/mol. The minimum atomic E-state index is 0.311. The van der Waals surface area contributed by atoms with Crippen molar-refractivity contribution in [1.29, 1.82) is 0 Å². The van der Waals surface area contributed by atoms with Crippen LogP contribution >= 0.6 is 11.3 Å². The predicted molar refractivity (Wildman–Crippen MR) is 90.1 cm³/mol. The first-order valence-corrected chi connectivity index (χ1v) is 8.20. The lowest BCUT2D eigenvalue weighted by Gasteiger charge is -2.16. The van der Waals surface area contributed by atoms with Crippen LogP contribution in [0.25, 0.3) is 0 Å². The van der Waals surface area contributed by atoms with Crippen molar-refractivity contribution in [3.8, 4) is 0 Å². The van der Waals surface area contributed by atoms with Gasteiger partial charge in [0.15, 0.2) is 11.4 Å². The van der Waals surface area contributed by atoms with Gasteiger partial charge in [-0.2, -0.15) is 0 Å². The molecular weight excluding hydrogens is 280 g/mol. The van der Waals surface area contributed by atoms with Crippen LogP contribution in [0.5, 0.6) is 0 Å². The first kappa shape index (κ1) is 15.7. The Kier molecular flexibility index (Phi) is 5.12. The highest BCUT2D eigenvalue weighted by Gasteiger charge is 2.18. The molecule has 3 nitrogen and oxygen atoms in total. The van der Waals surface area contributed by atoms with Crippen LogP contribution in [0.15, 0.2) is 24.3 Å². The molecule has 0 bridgehead atoms. The first-order chi connectivity index (χ1) is 10.1. The fraction of sp³-hybridized carbons (Fsp3) is 0.412. The van der Waals surface area contributed by atoms with E-state index < -0.39 is 0 Å². The molecule has 0 fully saturated rings. The molecule has 0 saturated heterocycles. The lowest BCUT2D eigenvalue weighted by Crippen LogP contribution is -2.09. The Bertz CT molecular complexity index is 604. The second kappa shape index (κ2) is 6.85. The number of carbonyl (C=O) groups is 1. The van der Waals surface area contributed by atoms with Gasteiger partial charge in [0.1, 0.15) is 0 Å². The fourth-order valence-corrected chi connectivity index (χ4v) is 3.15. The molecule has 0 amide bonds. The largest absolute Gasteiger partial charge is 0.321 e. The third-order valence-corrected chi connectivity index (χ3v) is 4.95. The van der Waals surface area contributed by atoms with Crippen LogP contribution in [0.3, 0.4) is 0 Å². The molecule has 0 aliphatic heterocycles. The number of aromatic nitrogens is 1. The Balaban J connectivity index is 2.31. The average Bonchev–Trinajstić information content (AvgIpc) is 2.97. The topological polar surface area (TPSA) is 33.2 Å².